The summed E-state index contributed by atoms with van der Waals surface area (Å²) in [6, 6.07) is 17.2. The number of aromatic nitrogens is 1. The third kappa shape index (κ3) is 5.63. The Morgan fingerprint density at radius 3 is 2.34 bits per heavy atom. The minimum atomic E-state index is -0.394. The molecule has 1 unspecified atom stereocenters. The number of carbonyl (C=O) groups is 2. The van der Waals surface area contributed by atoms with E-state index >= 15 is 0 Å². The average molecular weight is 389 g/mol. The summed E-state index contributed by atoms with van der Waals surface area (Å²) in [5.41, 5.74) is 9.91. The Morgan fingerprint density at radius 2 is 1.66 bits per heavy atom. The Hall–Kier alpha value is -3.71. The maximum absolute atomic E-state index is 12.3. The van der Waals surface area contributed by atoms with Gasteiger partial charge in [-0.3, -0.25) is 9.78 Å². The normalized spacial score (nSPS) is 11.4. The molecule has 0 saturated carbocycles. The number of hydrogen-bond donors (Lipinski definition) is 4. The van der Waals surface area contributed by atoms with Crippen molar-refractivity contribution < 1.29 is 9.59 Å². The molecule has 0 saturated heterocycles. The number of para-hydroxylation sites is 1. The third-order valence-electron chi connectivity index (χ3n) is 4.42. The molecule has 0 aliphatic rings. The summed E-state index contributed by atoms with van der Waals surface area (Å²) in [4.78, 5) is 28.3. The minimum absolute atomic E-state index is 0.216. The summed E-state index contributed by atoms with van der Waals surface area (Å²) >= 11 is 0. The van der Waals surface area contributed by atoms with Gasteiger partial charge in [0.25, 0.3) is 5.91 Å². The lowest BCUT2D eigenvalue weighted by molar-refractivity contribution is 0.102. The second-order valence-electron chi connectivity index (χ2n) is 6.57. The number of anilines is 2. The fourth-order valence-electron chi connectivity index (χ4n) is 2.72. The van der Waals surface area contributed by atoms with Crippen LogP contribution in [0.25, 0.3) is 0 Å². The maximum atomic E-state index is 12.3. The summed E-state index contributed by atoms with van der Waals surface area (Å²) in [6.07, 6.45) is 3.22. The van der Waals surface area contributed by atoms with Crippen LogP contribution in [0.1, 0.15) is 27.5 Å². The van der Waals surface area contributed by atoms with Gasteiger partial charge in [-0.25, -0.2) is 4.79 Å². The highest BCUT2D eigenvalue weighted by atomic mass is 16.2. The van der Waals surface area contributed by atoms with Crippen LogP contribution in [0.2, 0.25) is 0 Å². The van der Waals surface area contributed by atoms with Crippen LogP contribution in [0.15, 0.2) is 73.1 Å². The molecule has 7 nitrogen and oxygen atoms in total. The molecule has 148 valence electrons. The van der Waals surface area contributed by atoms with Crippen LogP contribution < -0.4 is 21.7 Å². The molecule has 3 rings (SSSR count). The molecular formula is C22H23N5O2. The van der Waals surface area contributed by atoms with E-state index in [1.54, 1.807) is 48.8 Å². The summed E-state index contributed by atoms with van der Waals surface area (Å²) in [5.74, 6) is -0.216. The second kappa shape index (κ2) is 9.48. The van der Waals surface area contributed by atoms with E-state index in [1.807, 2.05) is 31.2 Å². The molecule has 3 amide bonds. The van der Waals surface area contributed by atoms with Crippen molar-refractivity contribution in [3.05, 3.63) is 89.7 Å². The van der Waals surface area contributed by atoms with Gasteiger partial charge in [-0.15, -0.1) is 0 Å². The van der Waals surface area contributed by atoms with Crippen LogP contribution >= 0.6 is 0 Å². The molecule has 0 aliphatic heterocycles. The first kappa shape index (κ1) is 20.0. The number of benzene rings is 2. The zero-order valence-corrected chi connectivity index (χ0v) is 16.1. The van der Waals surface area contributed by atoms with Gasteiger partial charge in [-0.2, -0.15) is 0 Å². The summed E-state index contributed by atoms with van der Waals surface area (Å²) in [6.45, 7) is 2.19. The highest BCUT2D eigenvalue weighted by molar-refractivity contribution is 6.04. The van der Waals surface area contributed by atoms with Crippen LogP contribution in [-0.2, 0) is 0 Å². The molecule has 0 fully saturated rings. The fraction of sp³-hybridized carbons (Fsp3) is 0.136. The van der Waals surface area contributed by atoms with Crippen molar-refractivity contribution in [2.24, 2.45) is 5.73 Å². The summed E-state index contributed by atoms with van der Waals surface area (Å²) in [7, 11) is 0. The highest BCUT2D eigenvalue weighted by Crippen LogP contribution is 2.14. The number of hydrogen-bond acceptors (Lipinski definition) is 4. The number of urea groups is 1. The zero-order valence-electron chi connectivity index (χ0n) is 16.1. The topological polar surface area (TPSA) is 109 Å². The number of carbonyl (C=O) groups excluding carboxylic acids is 2. The van der Waals surface area contributed by atoms with E-state index in [-0.39, 0.29) is 18.5 Å². The SMILES string of the molecule is Cc1ccccc1NC(=O)NCC(N)c1ccc(C(=O)Nc2ccncc2)cc1. The predicted octanol–water partition coefficient (Wildman–Crippen LogP) is 3.46. The molecule has 0 radical (unpaired) electrons. The first-order valence-corrected chi connectivity index (χ1v) is 9.20. The van der Waals surface area contributed by atoms with Gasteiger partial charge in [0.2, 0.25) is 0 Å². The van der Waals surface area contributed by atoms with Crippen molar-refractivity contribution in [3.63, 3.8) is 0 Å². The largest absolute Gasteiger partial charge is 0.336 e. The molecule has 1 heterocycles. The van der Waals surface area contributed by atoms with E-state index < -0.39 is 6.04 Å². The number of nitrogens with one attached hydrogen (secondary N) is 3. The Bertz CT molecular complexity index is 974. The van der Waals surface area contributed by atoms with Crippen LogP contribution in [-0.4, -0.2) is 23.5 Å². The van der Waals surface area contributed by atoms with Gasteiger partial charge in [0.1, 0.15) is 0 Å². The zero-order chi connectivity index (χ0) is 20.6. The van der Waals surface area contributed by atoms with Gasteiger partial charge < -0.3 is 21.7 Å². The first-order valence-electron chi connectivity index (χ1n) is 9.20. The summed E-state index contributed by atoms with van der Waals surface area (Å²) < 4.78 is 0. The van der Waals surface area contributed by atoms with Gasteiger partial charge in [-0.05, 0) is 48.4 Å². The number of amides is 3. The van der Waals surface area contributed by atoms with Crippen LogP contribution in [0.4, 0.5) is 16.2 Å². The lowest BCUT2D eigenvalue weighted by Gasteiger charge is -2.15. The Balaban J connectivity index is 1.52. The van der Waals surface area contributed by atoms with Crippen LogP contribution in [0, 0.1) is 6.92 Å². The van der Waals surface area contributed by atoms with E-state index in [9.17, 15) is 9.59 Å². The number of aryl methyl sites for hydroxylation is 1. The quantitative estimate of drug-likeness (QED) is 0.517. The molecule has 1 aromatic heterocycles. The maximum Gasteiger partial charge on any atom is 0.319 e. The first-order chi connectivity index (χ1) is 14.0. The van der Waals surface area contributed by atoms with E-state index in [2.05, 4.69) is 20.9 Å². The lowest BCUT2D eigenvalue weighted by atomic mass is 10.1. The molecule has 1 atom stereocenters. The Kier molecular flexibility index (Phi) is 6.55. The molecule has 2 aromatic carbocycles. The van der Waals surface area contributed by atoms with E-state index in [0.29, 0.717) is 11.3 Å². The fourth-order valence-corrected chi connectivity index (χ4v) is 2.72. The minimum Gasteiger partial charge on any atom is -0.336 e. The molecule has 5 N–H and O–H groups in total. The number of pyridine rings is 1. The predicted molar refractivity (Wildman–Crippen MR) is 114 cm³/mol. The van der Waals surface area contributed by atoms with Crippen molar-refractivity contribution >= 4 is 23.3 Å². The van der Waals surface area contributed by atoms with Gasteiger partial charge in [0.05, 0.1) is 0 Å². The molecule has 0 aliphatic carbocycles. The van der Waals surface area contributed by atoms with E-state index in [4.69, 9.17) is 5.73 Å². The smallest absolute Gasteiger partial charge is 0.319 e. The van der Waals surface area contributed by atoms with Crippen molar-refractivity contribution in [1.82, 2.24) is 10.3 Å². The van der Waals surface area contributed by atoms with Gasteiger partial charge in [0, 0.05) is 41.9 Å². The van der Waals surface area contributed by atoms with Crippen LogP contribution in [0.5, 0.6) is 0 Å². The summed E-state index contributed by atoms with van der Waals surface area (Å²) in [5, 5.41) is 8.37. The molecule has 0 spiro atoms. The molecule has 7 heteroatoms. The third-order valence-corrected chi connectivity index (χ3v) is 4.42. The van der Waals surface area contributed by atoms with Crippen molar-refractivity contribution in [1.29, 1.82) is 0 Å². The number of nitrogens with zero attached hydrogens (tertiary/aromatic N) is 1. The molecule has 29 heavy (non-hydrogen) atoms. The van der Waals surface area contributed by atoms with Gasteiger partial charge in [0.15, 0.2) is 0 Å². The van der Waals surface area contributed by atoms with Crippen molar-refractivity contribution in [3.8, 4) is 0 Å². The Morgan fingerprint density at radius 1 is 0.966 bits per heavy atom. The second-order valence-corrected chi connectivity index (χ2v) is 6.57. The van der Waals surface area contributed by atoms with E-state index in [1.165, 1.54) is 0 Å². The van der Waals surface area contributed by atoms with Crippen molar-refractivity contribution in [2.45, 2.75) is 13.0 Å². The lowest BCUT2D eigenvalue weighted by Crippen LogP contribution is -2.35. The monoisotopic (exact) mass is 389 g/mol. The number of nitrogens with two attached hydrogens (primary N) is 1. The highest BCUT2D eigenvalue weighted by Gasteiger charge is 2.11. The van der Waals surface area contributed by atoms with Crippen LogP contribution in [0.3, 0.4) is 0 Å². The van der Waals surface area contributed by atoms with Gasteiger partial charge in [-0.1, -0.05) is 30.3 Å². The Labute approximate surface area is 169 Å². The molecular weight excluding hydrogens is 366 g/mol. The number of rotatable bonds is 6. The standard InChI is InChI=1S/C22H23N5O2/c1-15-4-2-3-5-20(15)27-22(29)25-14-19(23)16-6-8-17(9-7-16)21(28)26-18-10-12-24-13-11-18/h2-13,19H,14,23H2,1H3,(H,24,26,28)(H2,25,27,29). The molecule has 3 aromatic rings. The molecule has 0 bridgehead atoms. The average Bonchev–Trinajstić information content (AvgIpc) is 2.74. The van der Waals surface area contributed by atoms with Crippen molar-refractivity contribution in [2.75, 3.05) is 17.2 Å². The van der Waals surface area contributed by atoms with E-state index in [0.717, 1.165) is 16.8 Å². The van der Waals surface area contributed by atoms with Gasteiger partial charge >= 0.3 is 6.03 Å².